The Hall–Kier alpha value is -3.73. The molecule has 5 atom stereocenters. The number of hydrogen-bond acceptors (Lipinski definition) is 6. The van der Waals surface area contributed by atoms with Crippen molar-refractivity contribution in [3.63, 3.8) is 0 Å². The monoisotopic (exact) mass is 555 g/mol. The molecule has 2 unspecified atom stereocenters. The smallest absolute Gasteiger partial charge is 0.273 e. The van der Waals surface area contributed by atoms with Crippen LogP contribution in [0.4, 0.5) is 13.2 Å². The summed E-state index contributed by atoms with van der Waals surface area (Å²) in [5.41, 5.74) is -0.0948. The first-order valence-corrected chi connectivity index (χ1v) is 13.6. The van der Waals surface area contributed by atoms with E-state index in [0.29, 0.717) is 37.1 Å². The highest BCUT2D eigenvalue weighted by atomic mass is 19.1. The van der Waals surface area contributed by atoms with Crippen LogP contribution >= 0.6 is 0 Å². The van der Waals surface area contributed by atoms with E-state index >= 15 is 0 Å². The minimum atomic E-state index is -1.17. The van der Waals surface area contributed by atoms with Crippen LogP contribution in [0.3, 0.4) is 0 Å². The molecule has 2 fully saturated rings. The van der Waals surface area contributed by atoms with Gasteiger partial charge in [-0.3, -0.25) is 19.5 Å². The van der Waals surface area contributed by atoms with Crippen molar-refractivity contribution in [1.29, 1.82) is 0 Å². The number of aromatic nitrogens is 2. The molecule has 5 rings (SSSR count). The van der Waals surface area contributed by atoms with Gasteiger partial charge in [0, 0.05) is 49.6 Å². The summed E-state index contributed by atoms with van der Waals surface area (Å²) in [6, 6.07) is 7.20. The molecule has 3 heterocycles. The van der Waals surface area contributed by atoms with E-state index in [1.807, 2.05) is 19.1 Å². The summed E-state index contributed by atoms with van der Waals surface area (Å²) in [5, 5.41) is 9.61. The average Bonchev–Trinajstić information content (AvgIpc) is 3.58. The van der Waals surface area contributed by atoms with Crippen LogP contribution in [0, 0.1) is 29.3 Å². The summed E-state index contributed by atoms with van der Waals surface area (Å²) in [6.45, 7) is 5.29. The Kier molecular flexibility index (Phi) is 8.20. The summed E-state index contributed by atoms with van der Waals surface area (Å²) in [6.07, 6.45) is 5.59. The number of pyridine rings is 1. The molecule has 1 saturated carbocycles. The van der Waals surface area contributed by atoms with Crippen molar-refractivity contribution < 1.29 is 27.3 Å². The van der Waals surface area contributed by atoms with Gasteiger partial charge < -0.3 is 15.2 Å². The van der Waals surface area contributed by atoms with E-state index in [4.69, 9.17) is 4.52 Å². The van der Waals surface area contributed by atoms with E-state index in [9.17, 15) is 22.8 Å². The number of carbonyl (C=O) groups excluding carboxylic acids is 2. The van der Waals surface area contributed by atoms with Gasteiger partial charge in [-0.1, -0.05) is 24.6 Å². The number of benzene rings is 1. The van der Waals surface area contributed by atoms with Gasteiger partial charge in [-0.2, -0.15) is 0 Å². The summed E-state index contributed by atoms with van der Waals surface area (Å²) >= 11 is 0. The van der Waals surface area contributed by atoms with Crippen LogP contribution in [-0.2, 0) is 4.79 Å². The lowest BCUT2D eigenvalue weighted by molar-refractivity contribution is -0.128. The van der Waals surface area contributed by atoms with Gasteiger partial charge in [-0.05, 0) is 44.2 Å². The van der Waals surface area contributed by atoms with Gasteiger partial charge in [-0.25, -0.2) is 13.2 Å². The van der Waals surface area contributed by atoms with Crippen LogP contribution in [0.1, 0.15) is 61.8 Å². The number of rotatable bonds is 7. The zero-order chi connectivity index (χ0) is 28.4. The zero-order valence-corrected chi connectivity index (χ0v) is 22.4. The van der Waals surface area contributed by atoms with Crippen molar-refractivity contribution in [1.82, 2.24) is 25.7 Å². The molecule has 3 aromatic rings. The third-order valence-electron chi connectivity index (χ3n) is 8.07. The second-order valence-corrected chi connectivity index (χ2v) is 10.8. The molecule has 0 radical (unpaired) electrons. The Morgan fingerprint density at radius 1 is 1.10 bits per heavy atom. The lowest BCUT2D eigenvalue weighted by Crippen LogP contribution is -2.58. The van der Waals surface area contributed by atoms with Crippen molar-refractivity contribution in [3.8, 4) is 11.3 Å². The SMILES string of the molecule is CC1CCCC1N1CC[C@H](NC(=O)c2cc(-c3c(F)cc(F)cc3F)on2)[C@@H](C(=O)N[C@H](C)c2ccccn2)C1. The first-order chi connectivity index (χ1) is 19.2. The average molecular weight is 556 g/mol. The van der Waals surface area contributed by atoms with Gasteiger partial charge in [0.25, 0.3) is 5.91 Å². The lowest BCUT2D eigenvalue weighted by atomic mass is 9.88. The minimum Gasteiger partial charge on any atom is -0.355 e. The lowest BCUT2D eigenvalue weighted by Gasteiger charge is -2.42. The quantitative estimate of drug-likeness (QED) is 0.441. The molecule has 2 N–H and O–H groups in total. The van der Waals surface area contributed by atoms with Crippen LogP contribution in [0.5, 0.6) is 0 Å². The molecule has 212 valence electrons. The summed E-state index contributed by atoms with van der Waals surface area (Å²) < 4.78 is 46.8. The molecule has 8 nitrogen and oxygen atoms in total. The first-order valence-electron chi connectivity index (χ1n) is 13.6. The summed E-state index contributed by atoms with van der Waals surface area (Å²) in [4.78, 5) is 33.4. The highest BCUT2D eigenvalue weighted by molar-refractivity contribution is 5.94. The Morgan fingerprint density at radius 3 is 2.55 bits per heavy atom. The number of hydrogen-bond donors (Lipinski definition) is 2. The second-order valence-electron chi connectivity index (χ2n) is 10.8. The Labute approximate surface area is 230 Å². The number of nitrogens with one attached hydrogen (secondary N) is 2. The molecule has 2 aliphatic rings. The first kappa shape index (κ1) is 27.8. The fraction of sp³-hybridized carbons (Fsp3) is 0.448. The molecule has 0 bridgehead atoms. The molecular formula is C29H32F3N5O3. The Bertz CT molecular complexity index is 1340. The standard InChI is InChI=1S/C29H32F3N5O3/c1-16-6-5-8-25(16)37-11-9-23(19(15-37)28(38)34-17(2)22-7-3-4-10-33-22)35-29(39)24-14-26(40-36-24)27-20(31)12-18(30)13-21(27)32/h3-4,7,10,12-14,16-17,19,23,25H,5-6,8-9,11,15H2,1-2H3,(H,34,38)(H,35,39)/t16?,17-,19+,23+,25?/m1/s1. The number of carbonyl (C=O) groups is 2. The summed E-state index contributed by atoms with van der Waals surface area (Å²) in [7, 11) is 0. The van der Waals surface area contributed by atoms with Crippen molar-refractivity contribution in [2.45, 2.75) is 57.7 Å². The molecule has 2 amide bonds. The van der Waals surface area contributed by atoms with Gasteiger partial charge >= 0.3 is 0 Å². The van der Waals surface area contributed by atoms with Gasteiger partial charge in [0.05, 0.1) is 23.2 Å². The topological polar surface area (TPSA) is 100 Å². The predicted octanol–water partition coefficient (Wildman–Crippen LogP) is 4.64. The van der Waals surface area contributed by atoms with E-state index in [-0.39, 0.29) is 23.4 Å². The molecule has 1 aromatic carbocycles. The highest BCUT2D eigenvalue weighted by Crippen LogP contribution is 2.33. The molecule has 2 aromatic heterocycles. The van der Waals surface area contributed by atoms with Gasteiger partial charge in [0.2, 0.25) is 5.91 Å². The number of amides is 2. The maximum atomic E-state index is 14.2. The maximum absolute atomic E-state index is 14.2. The maximum Gasteiger partial charge on any atom is 0.273 e. The second kappa shape index (κ2) is 11.8. The third-order valence-corrected chi connectivity index (χ3v) is 8.07. The number of piperidine rings is 1. The Balaban J connectivity index is 1.33. The number of likely N-dealkylation sites (tertiary alicyclic amines) is 1. The van der Waals surface area contributed by atoms with E-state index in [1.165, 1.54) is 0 Å². The number of halogens is 3. The molecule has 11 heteroatoms. The van der Waals surface area contributed by atoms with E-state index in [2.05, 4.69) is 32.6 Å². The predicted molar refractivity (Wildman–Crippen MR) is 140 cm³/mol. The normalized spacial score (nSPS) is 24.0. The minimum absolute atomic E-state index is 0.199. The van der Waals surface area contributed by atoms with E-state index < -0.39 is 40.9 Å². The van der Waals surface area contributed by atoms with Crippen LogP contribution in [0.25, 0.3) is 11.3 Å². The molecule has 1 aliphatic carbocycles. The van der Waals surface area contributed by atoms with Gasteiger partial charge in [0.15, 0.2) is 11.5 Å². The third kappa shape index (κ3) is 5.89. The number of nitrogens with zero attached hydrogens (tertiary/aromatic N) is 3. The van der Waals surface area contributed by atoms with Crippen molar-refractivity contribution in [2.75, 3.05) is 13.1 Å². The van der Waals surface area contributed by atoms with Crippen LogP contribution in [-0.4, -0.2) is 52.0 Å². The van der Waals surface area contributed by atoms with E-state index in [0.717, 1.165) is 37.6 Å². The van der Waals surface area contributed by atoms with Crippen molar-refractivity contribution >= 4 is 11.8 Å². The highest BCUT2D eigenvalue weighted by Gasteiger charge is 2.40. The van der Waals surface area contributed by atoms with Gasteiger partial charge in [0.1, 0.15) is 17.5 Å². The van der Waals surface area contributed by atoms with Crippen molar-refractivity contribution in [2.24, 2.45) is 11.8 Å². The molecule has 1 aliphatic heterocycles. The molecule has 40 heavy (non-hydrogen) atoms. The molecular weight excluding hydrogens is 523 g/mol. The van der Waals surface area contributed by atoms with Crippen LogP contribution in [0.2, 0.25) is 0 Å². The molecule has 1 saturated heterocycles. The fourth-order valence-corrected chi connectivity index (χ4v) is 5.93. The van der Waals surface area contributed by atoms with Gasteiger partial charge in [-0.15, -0.1) is 0 Å². The largest absolute Gasteiger partial charge is 0.355 e. The van der Waals surface area contributed by atoms with Crippen LogP contribution < -0.4 is 10.6 Å². The molecule has 0 spiro atoms. The van der Waals surface area contributed by atoms with Crippen LogP contribution in [0.15, 0.2) is 47.1 Å². The Morgan fingerprint density at radius 2 is 1.88 bits per heavy atom. The summed E-state index contributed by atoms with van der Waals surface area (Å²) in [5.74, 6) is -4.62. The fourth-order valence-electron chi connectivity index (χ4n) is 5.93. The van der Waals surface area contributed by atoms with E-state index in [1.54, 1.807) is 12.3 Å². The van der Waals surface area contributed by atoms with Crippen molar-refractivity contribution in [3.05, 3.63) is 71.4 Å². The zero-order valence-electron chi connectivity index (χ0n) is 22.4.